The van der Waals surface area contributed by atoms with Crippen molar-refractivity contribution < 1.29 is 0 Å². The average molecular weight is 429 g/mol. The number of benzene rings is 4. The Bertz CT molecular complexity index is 1140. The van der Waals surface area contributed by atoms with Crippen LogP contribution in [0.5, 0.6) is 0 Å². The van der Waals surface area contributed by atoms with Gasteiger partial charge in [-0.1, -0.05) is 136 Å². The third kappa shape index (κ3) is 3.78. The van der Waals surface area contributed by atoms with Gasteiger partial charge in [0.2, 0.25) is 0 Å². The van der Waals surface area contributed by atoms with Crippen LogP contribution in [0.4, 0.5) is 5.69 Å². The minimum Gasteiger partial charge on any atom is -0.396 e. The molecule has 5 rings (SSSR count). The van der Waals surface area contributed by atoms with Crippen LogP contribution in [0.25, 0.3) is 0 Å². The van der Waals surface area contributed by atoms with Crippen molar-refractivity contribution in [2.75, 3.05) is 4.81 Å². The molecular formula is C31H32BN. The first-order valence-corrected chi connectivity index (χ1v) is 12.2. The fourth-order valence-electron chi connectivity index (χ4n) is 5.48. The molecule has 1 aliphatic heterocycles. The first-order valence-electron chi connectivity index (χ1n) is 12.2. The molecule has 2 heteroatoms. The summed E-state index contributed by atoms with van der Waals surface area (Å²) < 4.78 is 0. The maximum absolute atomic E-state index is 2.72. The quantitative estimate of drug-likeness (QED) is 0.321. The lowest BCUT2D eigenvalue weighted by Gasteiger charge is -2.37. The van der Waals surface area contributed by atoms with E-state index in [-0.39, 0.29) is 12.9 Å². The summed E-state index contributed by atoms with van der Waals surface area (Å²) in [5.74, 6) is 0.880. The first-order chi connectivity index (χ1) is 16.1. The lowest BCUT2D eigenvalue weighted by molar-refractivity contribution is 0.799. The summed E-state index contributed by atoms with van der Waals surface area (Å²) in [6, 6.07) is 38.2. The fourth-order valence-corrected chi connectivity index (χ4v) is 5.48. The smallest absolute Gasteiger partial charge is 0.324 e. The average Bonchev–Trinajstić information content (AvgIpc) is 3.19. The summed E-state index contributed by atoms with van der Waals surface area (Å²) in [5, 5.41) is 0. The molecule has 4 aromatic carbocycles. The number of hydrogen-bond acceptors (Lipinski definition) is 1. The summed E-state index contributed by atoms with van der Waals surface area (Å²) in [7, 11) is 0. The Balaban J connectivity index is 1.85. The largest absolute Gasteiger partial charge is 0.396 e. The summed E-state index contributed by atoms with van der Waals surface area (Å²) in [4.78, 5) is 2.72. The molecule has 0 aromatic heterocycles. The summed E-state index contributed by atoms with van der Waals surface area (Å²) >= 11 is 0. The van der Waals surface area contributed by atoms with Crippen LogP contribution in [0.15, 0.2) is 103 Å². The SMILES string of the molecule is CC(C)c1cccc(C(C)C)c1N1B(c2ccccc2)c2ccccc2[C@@H]1c1ccccc1. The van der Waals surface area contributed by atoms with Crippen LogP contribution in [0.3, 0.4) is 0 Å². The molecule has 1 heterocycles. The van der Waals surface area contributed by atoms with E-state index in [4.69, 9.17) is 0 Å². The van der Waals surface area contributed by atoms with Gasteiger partial charge in [-0.25, -0.2) is 0 Å². The van der Waals surface area contributed by atoms with Crippen molar-refractivity contribution in [2.24, 2.45) is 0 Å². The minimum atomic E-state index is 0.171. The number of nitrogens with zero attached hydrogens (tertiary/aromatic N) is 1. The van der Waals surface area contributed by atoms with E-state index in [0.717, 1.165) is 0 Å². The normalized spacial score (nSPS) is 15.4. The van der Waals surface area contributed by atoms with E-state index in [1.807, 2.05) is 0 Å². The van der Waals surface area contributed by atoms with Crippen LogP contribution in [0.1, 0.15) is 67.8 Å². The monoisotopic (exact) mass is 429 g/mol. The van der Waals surface area contributed by atoms with Gasteiger partial charge in [-0.2, -0.15) is 0 Å². The van der Waals surface area contributed by atoms with Gasteiger partial charge in [0, 0.05) is 5.69 Å². The Kier molecular flexibility index (Phi) is 5.85. The van der Waals surface area contributed by atoms with Crippen molar-refractivity contribution >= 4 is 23.5 Å². The molecule has 1 atom stereocenters. The number of rotatable bonds is 5. The molecule has 33 heavy (non-hydrogen) atoms. The van der Waals surface area contributed by atoms with Crippen LogP contribution in [0.2, 0.25) is 0 Å². The third-order valence-electron chi connectivity index (χ3n) is 6.97. The molecule has 0 N–H and O–H groups in total. The van der Waals surface area contributed by atoms with Gasteiger partial charge in [0.1, 0.15) is 0 Å². The van der Waals surface area contributed by atoms with E-state index in [1.54, 1.807) is 0 Å². The molecule has 0 bridgehead atoms. The molecule has 0 saturated carbocycles. The second-order valence-electron chi connectivity index (χ2n) is 9.76. The summed E-state index contributed by atoms with van der Waals surface area (Å²) in [5.41, 5.74) is 9.76. The van der Waals surface area contributed by atoms with Crippen LogP contribution >= 0.6 is 0 Å². The molecule has 0 aliphatic carbocycles. The number of anilines is 1. The Labute approximate surface area is 199 Å². The van der Waals surface area contributed by atoms with Gasteiger partial charge >= 0.3 is 6.85 Å². The van der Waals surface area contributed by atoms with Gasteiger partial charge in [0.05, 0.1) is 6.04 Å². The zero-order chi connectivity index (χ0) is 22.9. The van der Waals surface area contributed by atoms with E-state index < -0.39 is 0 Å². The van der Waals surface area contributed by atoms with Gasteiger partial charge < -0.3 is 4.81 Å². The number of para-hydroxylation sites is 1. The predicted octanol–water partition coefficient (Wildman–Crippen LogP) is 6.65. The van der Waals surface area contributed by atoms with Crippen LogP contribution in [0, 0.1) is 0 Å². The van der Waals surface area contributed by atoms with Crippen molar-refractivity contribution in [3.05, 3.63) is 125 Å². The predicted molar refractivity (Wildman–Crippen MR) is 143 cm³/mol. The molecule has 0 unspecified atom stereocenters. The van der Waals surface area contributed by atoms with Gasteiger partial charge in [-0.15, -0.1) is 0 Å². The van der Waals surface area contributed by atoms with Gasteiger partial charge in [-0.3, -0.25) is 0 Å². The van der Waals surface area contributed by atoms with Crippen molar-refractivity contribution in [3.63, 3.8) is 0 Å². The molecule has 0 radical (unpaired) electrons. The number of fused-ring (bicyclic) bond motifs is 1. The number of hydrogen-bond donors (Lipinski definition) is 0. The van der Waals surface area contributed by atoms with E-state index in [9.17, 15) is 0 Å². The highest BCUT2D eigenvalue weighted by atomic mass is 15.1. The minimum absolute atomic E-state index is 0.171. The first kappa shape index (κ1) is 21.6. The van der Waals surface area contributed by atoms with E-state index in [0.29, 0.717) is 11.8 Å². The van der Waals surface area contributed by atoms with Crippen molar-refractivity contribution in [2.45, 2.75) is 45.6 Å². The topological polar surface area (TPSA) is 3.24 Å². The van der Waals surface area contributed by atoms with Crippen molar-refractivity contribution in [1.29, 1.82) is 0 Å². The Hall–Kier alpha value is -3.26. The Morgan fingerprint density at radius 1 is 0.606 bits per heavy atom. The lowest BCUT2D eigenvalue weighted by atomic mass is 9.50. The fraction of sp³-hybridized carbons (Fsp3) is 0.226. The standard InChI is InChI=1S/C31H32BN/c1-22(2)26-19-13-20-27(23(3)4)31(26)33-30(24-14-7-5-8-15-24)28-18-11-12-21-29(28)32(33)25-16-9-6-10-17-25/h5-23,30H,1-4H3/t30-/m0/s1. The highest BCUT2D eigenvalue weighted by molar-refractivity contribution is 6.89. The maximum Gasteiger partial charge on any atom is 0.324 e. The lowest BCUT2D eigenvalue weighted by Crippen LogP contribution is -2.53. The van der Waals surface area contributed by atoms with Gasteiger partial charge in [-0.05, 0) is 39.6 Å². The molecule has 0 saturated heterocycles. The maximum atomic E-state index is 2.72. The van der Waals surface area contributed by atoms with Crippen molar-refractivity contribution in [3.8, 4) is 0 Å². The van der Waals surface area contributed by atoms with Crippen LogP contribution in [-0.4, -0.2) is 6.85 Å². The highest BCUT2D eigenvalue weighted by Gasteiger charge is 2.44. The summed E-state index contributed by atoms with van der Waals surface area (Å²) in [6.07, 6.45) is 0. The molecule has 0 fully saturated rings. The van der Waals surface area contributed by atoms with Crippen LogP contribution in [-0.2, 0) is 0 Å². The summed E-state index contributed by atoms with van der Waals surface area (Å²) in [6.45, 7) is 9.45. The Morgan fingerprint density at radius 2 is 1.15 bits per heavy atom. The molecular weight excluding hydrogens is 397 g/mol. The van der Waals surface area contributed by atoms with Gasteiger partial charge in [0.15, 0.2) is 0 Å². The highest BCUT2D eigenvalue weighted by Crippen LogP contribution is 2.44. The zero-order valence-corrected chi connectivity index (χ0v) is 20.1. The molecule has 4 aromatic rings. The van der Waals surface area contributed by atoms with Crippen molar-refractivity contribution in [1.82, 2.24) is 0 Å². The van der Waals surface area contributed by atoms with Crippen LogP contribution < -0.4 is 15.7 Å². The van der Waals surface area contributed by atoms with E-state index >= 15 is 0 Å². The van der Waals surface area contributed by atoms with E-state index in [2.05, 4.69) is 136 Å². The Morgan fingerprint density at radius 3 is 1.76 bits per heavy atom. The molecule has 1 aliphatic rings. The second kappa shape index (κ2) is 8.94. The van der Waals surface area contributed by atoms with E-state index in [1.165, 1.54) is 38.9 Å². The molecule has 164 valence electrons. The molecule has 0 spiro atoms. The second-order valence-corrected chi connectivity index (χ2v) is 9.76. The molecule has 1 nitrogen and oxygen atoms in total. The zero-order valence-electron chi connectivity index (χ0n) is 20.1. The molecule has 0 amide bonds. The third-order valence-corrected chi connectivity index (χ3v) is 6.97. The van der Waals surface area contributed by atoms with Gasteiger partial charge in [0.25, 0.3) is 0 Å².